The van der Waals surface area contributed by atoms with Crippen molar-refractivity contribution >= 4 is 22.9 Å². The van der Waals surface area contributed by atoms with E-state index in [2.05, 4.69) is 25.2 Å². The Balaban J connectivity index is 1.30. The lowest BCUT2D eigenvalue weighted by Crippen LogP contribution is -2.56. The summed E-state index contributed by atoms with van der Waals surface area (Å²) in [4.78, 5) is 22.3. The van der Waals surface area contributed by atoms with Crippen molar-refractivity contribution in [1.82, 2.24) is 19.5 Å². The Bertz CT molecular complexity index is 1230. The van der Waals surface area contributed by atoms with Gasteiger partial charge in [0.15, 0.2) is 5.65 Å². The van der Waals surface area contributed by atoms with Crippen LogP contribution in [0.3, 0.4) is 0 Å². The number of piperazine rings is 1. The molecule has 3 aliphatic heterocycles. The first-order valence-corrected chi connectivity index (χ1v) is 11.7. The van der Waals surface area contributed by atoms with Gasteiger partial charge in [-0.2, -0.15) is 5.10 Å². The maximum Gasteiger partial charge on any atom is 0.261 e. The SMILES string of the molecule is C[C@]1(CO)Cc2cc(NC(=O)c3cnn4cccnc34)c(N3CCN(C4COC4)CC3)cc2O1. The molecule has 6 rings (SSSR count). The first-order chi connectivity index (χ1) is 16.5. The zero-order chi connectivity index (χ0) is 23.3. The molecule has 3 aliphatic rings. The van der Waals surface area contributed by atoms with Gasteiger partial charge in [0, 0.05) is 56.6 Å². The highest BCUT2D eigenvalue weighted by atomic mass is 16.5. The fourth-order valence-corrected chi connectivity index (χ4v) is 4.94. The number of fused-ring (bicyclic) bond motifs is 2. The minimum atomic E-state index is -0.655. The van der Waals surface area contributed by atoms with Crippen LogP contribution >= 0.6 is 0 Å². The number of carbonyl (C=O) groups is 1. The van der Waals surface area contributed by atoms with Crippen molar-refractivity contribution in [2.75, 3.05) is 56.2 Å². The van der Waals surface area contributed by atoms with Gasteiger partial charge in [0.1, 0.15) is 16.9 Å². The molecule has 0 bridgehead atoms. The normalized spacial score (nSPS) is 22.9. The van der Waals surface area contributed by atoms with E-state index >= 15 is 0 Å². The number of benzene rings is 1. The Morgan fingerprint density at radius 2 is 2.09 bits per heavy atom. The van der Waals surface area contributed by atoms with Crippen LogP contribution < -0.4 is 15.0 Å². The Hall–Kier alpha value is -3.21. The number of hydrogen-bond donors (Lipinski definition) is 2. The number of amides is 1. The molecule has 1 aromatic carbocycles. The highest BCUT2D eigenvalue weighted by Crippen LogP contribution is 2.42. The van der Waals surface area contributed by atoms with E-state index in [1.807, 2.05) is 19.1 Å². The van der Waals surface area contributed by atoms with Gasteiger partial charge in [-0.25, -0.2) is 9.50 Å². The standard InChI is InChI=1S/C24H28N6O4/c1-24(15-31)11-16-9-19(27-23(32)18-12-26-30-4-2-3-25-22(18)30)20(10-21(16)34-24)29-7-5-28(6-8-29)17-13-33-14-17/h2-4,9-10,12,17,31H,5-8,11,13-15H2,1H3,(H,27,32)/t24-/m1/s1. The van der Waals surface area contributed by atoms with Crippen molar-refractivity contribution in [3.8, 4) is 5.75 Å². The summed E-state index contributed by atoms with van der Waals surface area (Å²) >= 11 is 0. The van der Waals surface area contributed by atoms with Crippen molar-refractivity contribution in [3.63, 3.8) is 0 Å². The molecule has 1 amide bonds. The zero-order valence-corrected chi connectivity index (χ0v) is 19.1. The van der Waals surface area contributed by atoms with E-state index in [-0.39, 0.29) is 12.5 Å². The molecular formula is C24H28N6O4. The van der Waals surface area contributed by atoms with Gasteiger partial charge in [-0.3, -0.25) is 9.69 Å². The van der Waals surface area contributed by atoms with E-state index in [1.165, 1.54) is 6.20 Å². The van der Waals surface area contributed by atoms with Crippen molar-refractivity contribution in [3.05, 3.63) is 47.9 Å². The number of aromatic nitrogens is 3. The van der Waals surface area contributed by atoms with Crippen molar-refractivity contribution in [1.29, 1.82) is 0 Å². The smallest absolute Gasteiger partial charge is 0.261 e. The number of anilines is 2. The molecule has 34 heavy (non-hydrogen) atoms. The fraction of sp³-hybridized carbons (Fsp3) is 0.458. The van der Waals surface area contributed by atoms with Gasteiger partial charge in [0.25, 0.3) is 5.91 Å². The number of nitrogens with zero attached hydrogens (tertiary/aromatic N) is 5. The summed E-state index contributed by atoms with van der Waals surface area (Å²) in [6.45, 7) is 6.99. The van der Waals surface area contributed by atoms with Gasteiger partial charge >= 0.3 is 0 Å². The maximum absolute atomic E-state index is 13.3. The lowest BCUT2D eigenvalue weighted by Gasteiger charge is -2.43. The Morgan fingerprint density at radius 1 is 1.26 bits per heavy atom. The van der Waals surface area contributed by atoms with Gasteiger partial charge in [0.2, 0.25) is 0 Å². The van der Waals surface area contributed by atoms with Crippen LogP contribution in [0.25, 0.3) is 5.65 Å². The third-order valence-electron chi connectivity index (χ3n) is 7.00. The summed E-state index contributed by atoms with van der Waals surface area (Å²) in [5.74, 6) is 0.501. The maximum atomic E-state index is 13.3. The molecule has 3 aromatic rings. The number of hydrogen-bond acceptors (Lipinski definition) is 8. The molecule has 2 N–H and O–H groups in total. The summed E-state index contributed by atoms with van der Waals surface area (Å²) in [6, 6.07) is 6.27. The van der Waals surface area contributed by atoms with E-state index in [0.29, 0.717) is 23.7 Å². The Labute approximate surface area is 197 Å². The van der Waals surface area contributed by atoms with Gasteiger partial charge in [-0.15, -0.1) is 0 Å². The number of rotatable bonds is 5. The van der Waals surface area contributed by atoms with Crippen LogP contribution in [0.1, 0.15) is 22.8 Å². The quantitative estimate of drug-likeness (QED) is 0.580. The molecule has 0 unspecified atom stereocenters. The van der Waals surface area contributed by atoms with Gasteiger partial charge in [0.05, 0.1) is 43.4 Å². The molecule has 1 atom stereocenters. The van der Waals surface area contributed by atoms with Crippen LogP contribution in [-0.4, -0.2) is 88.2 Å². The monoisotopic (exact) mass is 464 g/mol. The molecule has 5 heterocycles. The predicted octanol–water partition coefficient (Wildman–Crippen LogP) is 1.19. The topological polar surface area (TPSA) is 104 Å². The number of ether oxygens (including phenoxy) is 2. The molecule has 178 valence electrons. The Morgan fingerprint density at radius 3 is 2.82 bits per heavy atom. The van der Waals surface area contributed by atoms with Gasteiger partial charge in [-0.05, 0) is 19.1 Å². The molecule has 10 nitrogen and oxygen atoms in total. The second-order valence-corrected chi connectivity index (χ2v) is 9.48. The van der Waals surface area contributed by atoms with Crippen LogP contribution in [0, 0.1) is 0 Å². The number of carbonyl (C=O) groups excluding carboxylic acids is 1. The molecule has 0 spiro atoms. The average molecular weight is 465 g/mol. The lowest BCUT2D eigenvalue weighted by atomic mass is 9.99. The third-order valence-corrected chi connectivity index (χ3v) is 7.00. The number of nitrogens with one attached hydrogen (secondary N) is 1. The summed E-state index contributed by atoms with van der Waals surface area (Å²) < 4.78 is 13.1. The van der Waals surface area contributed by atoms with E-state index in [0.717, 1.165) is 62.1 Å². The molecular weight excluding hydrogens is 436 g/mol. The summed E-state index contributed by atoms with van der Waals surface area (Å²) in [6.07, 6.45) is 5.53. The van der Waals surface area contributed by atoms with Crippen LogP contribution in [0.5, 0.6) is 5.75 Å². The van der Waals surface area contributed by atoms with E-state index < -0.39 is 5.60 Å². The largest absolute Gasteiger partial charge is 0.484 e. The minimum absolute atomic E-state index is 0.0745. The summed E-state index contributed by atoms with van der Waals surface area (Å²) in [5.41, 5.74) is 2.89. The van der Waals surface area contributed by atoms with E-state index in [1.54, 1.807) is 23.0 Å². The number of aliphatic hydroxyl groups is 1. The number of aliphatic hydroxyl groups excluding tert-OH is 1. The van der Waals surface area contributed by atoms with Crippen LogP contribution in [0.15, 0.2) is 36.8 Å². The molecule has 0 radical (unpaired) electrons. The molecule has 0 aliphatic carbocycles. The molecule has 2 saturated heterocycles. The van der Waals surface area contributed by atoms with Crippen LogP contribution in [0.2, 0.25) is 0 Å². The van der Waals surface area contributed by atoms with Crippen molar-refractivity contribution in [2.24, 2.45) is 0 Å². The summed E-state index contributed by atoms with van der Waals surface area (Å²) in [5, 5.41) is 17.2. The highest BCUT2D eigenvalue weighted by molar-refractivity contribution is 6.09. The second-order valence-electron chi connectivity index (χ2n) is 9.48. The van der Waals surface area contributed by atoms with Crippen LogP contribution in [0.4, 0.5) is 11.4 Å². The molecule has 2 fully saturated rings. The second kappa shape index (κ2) is 8.23. The van der Waals surface area contributed by atoms with Gasteiger partial charge in [-0.1, -0.05) is 0 Å². The van der Waals surface area contributed by atoms with E-state index in [9.17, 15) is 9.90 Å². The molecule has 2 aromatic heterocycles. The van der Waals surface area contributed by atoms with Gasteiger partial charge < -0.3 is 24.8 Å². The zero-order valence-electron chi connectivity index (χ0n) is 19.1. The fourth-order valence-electron chi connectivity index (χ4n) is 4.94. The van der Waals surface area contributed by atoms with E-state index in [4.69, 9.17) is 9.47 Å². The average Bonchev–Trinajstić information content (AvgIpc) is 3.39. The highest BCUT2D eigenvalue weighted by Gasteiger charge is 2.36. The third kappa shape index (κ3) is 3.67. The predicted molar refractivity (Wildman–Crippen MR) is 126 cm³/mol. The first-order valence-electron chi connectivity index (χ1n) is 11.7. The van der Waals surface area contributed by atoms with Crippen LogP contribution in [-0.2, 0) is 11.2 Å². The summed E-state index contributed by atoms with van der Waals surface area (Å²) in [7, 11) is 0. The molecule has 0 saturated carbocycles. The Kier molecular flexibility index (Phi) is 5.16. The lowest BCUT2D eigenvalue weighted by molar-refractivity contribution is -0.0660. The van der Waals surface area contributed by atoms with Crippen molar-refractivity contribution in [2.45, 2.75) is 25.0 Å². The van der Waals surface area contributed by atoms with Crippen molar-refractivity contribution < 1.29 is 19.4 Å². The first kappa shape index (κ1) is 21.3. The minimum Gasteiger partial charge on any atom is -0.484 e. The molecule has 10 heteroatoms.